The molecule has 0 spiro atoms. The molecule has 9 heteroatoms. The summed E-state index contributed by atoms with van der Waals surface area (Å²) in [5.41, 5.74) is -1.92. The van der Waals surface area contributed by atoms with E-state index in [9.17, 15) is 27.2 Å². The van der Waals surface area contributed by atoms with Crippen LogP contribution in [0.1, 0.15) is 44.7 Å². The van der Waals surface area contributed by atoms with E-state index in [4.69, 9.17) is 9.47 Å². The number of ether oxygens (including phenoxy) is 2. The number of carbonyl (C=O) groups excluding carboxylic acids is 2. The monoisotopic (exact) mass is 431 g/mol. The summed E-state index contributed by atoms with van der Waals surface area (Å²) in [5, 5.41) is 0. The maximum atomic E-state index is 13.5. The van der Waals surface area contributed by atoms with Gasteiger partial charge in [0.2, 0.25) is 0 Å². The van der Waals surface area contributed by atoms with Gasteiger partial charge in [-0.1, -0.05) is 6.07 Å². The zero-order valence-electron chi connectivity index (χ0n) is 17.1. The zero-order valence-corrected chi connectivity index (χ0v) is 17.1. The summed E-state index contributed by atoms with van der Waals surface area (Å²) in [6, 6.07) is 1.95. The maximum Gasteiger partial charge on any atom is 0.419 e. The number of hydrogen-bond donors (Lipinski definition) is 0. The van der Waals surface area contributed by atoms with Crippen LogP contribution < -0.4 is 0 Å². The van der Waals surface area contributed by atoms with Crippen molar-refractivity contribution < 1.29 is 36.6 Å². The van der Waals surface area contributed by atoms with Gasteiger partial charge in [0.05, 0.1) is 30.9 Å². The second-order valence-electron chi connectivity index (χ2n) is 8.86. The molecule has 2 atom stereocenters. The Labute approximate surface area is 172 Å². The molecule has 2 saturated heterocycles. The number of benzene rings is 1. The minimum Gasteiger partial charge on any atom is -0.444 e. The Balaban J connectivity index is 1.70. The highest BCUT2D eigenvalue weighted by atomic mass is 19.4. The van der Waals surface area contributed by atoms with E-state index < -0.39 is 35.2 Å². The fraction of sp³-hybridized carbons (Fsp3) is 0.619. The molecule has 30 heavy (non-hydrogen) atoms. The van der Waals surface area contributed by atoms with Crippen LogP contribution in [-0.2, 0) is 26.9 Å². The first-order valence-electron chi connectivity index (χ1n) is 9.82. The van der Waals surface area contributed by atoms with Crippen molar-refractivity contribution in [3.05, 3.63) is 35.1 Å². The van der Waals surface area contributed by atoms with Gasteiger partial charge in [-0.3, -0.25) is 9.69 Å². The molecule has 1 aromatic rings. The number of amides is 1. The molecule has 2 aliphatic heterocycles. The lowest BCUT2D eigenvalue weighted by Crippen LogP contribution is -2.60. The molecular formula is C21H25F4NO4. The Morgan fingerprint density at radius 2 is 1.73 bits per heavy atom. The van der Waals surface area contributed by atoms with Crippen molar-refractivity contribution in [3.8, 4) is 0 Å². The molecule has 2 bridgehead atoms. The highest BCUT2D eigenvalue weighted by Crippen LogP contribution is 2.35. The number of morpholine rings is 1. The SMILES string of the molecule is CC(C)(C)OC(=O)N1C2COCC1CC(C(=O)Cc1ccc(F)c(C(F)(F)F)c1)C2. The smallest absolute Gasteiger partial charge is 0.419 e. The summed E-state index contributed by atoms with van der Waals surface area (Å²) in [4.78, 5) is 27.0. The number of hydrogen-bond acceptors (Lipinski definition) is 4. The van der Waals surface area contributed by atoms with Gasteiger partial charge in [0.15, 0.2) is 0 Å². The van der Waals surface area contributed by atoms with Gasteiger partial charge in [-0.05, 0) is 51.3 Å². The first-order chi connectivity index (χ1) is 13.8. The Morgan fingerprint density at radius 1 is 1.13 bits per heavy atom. The molecule has 2 fully saturated rings. The molecule has 5 nitrogen and oxygen atoms in total. The second-order valence-corrected chi connectivity index (χ2v) is 8.86. The van der Waals surface area contributed by atoms with Crippen LogP contribution in [-0.4, -0.2) is 47.7 Å². The van der Waals surface area contributed by atoms with E-state index >= 15 is 0 Å². The second kappa shape index (κ2) is 8.17. The molecule has 166 valence electrons. The first-order valence-corrected chi connectivity index (χ1v) is 9.82. The van der Waals surface area contributed by atoms with Crippen molar-refractivity contribution in [2.75, 3.05) is 13.2 Å². The predicted molar refractivity (Wildman–Crippen MR) is 99.3 cm³/mol. The van der Waals surface area contributed by atoms with E-state index in [2.05, 4.69) is 0 Å². The molecule has 0 radical (unpaired) electrons. The number of nitrogens with zero attached hydrogens (tertiary/aromatic N) is 1. The van der Waals surface area contributed by atoms with Crippen molar-refractivity contribution >= 4 is 11.9 Å². The van der Waals surface area contributed by atoms with E-state index in [1.165, 1.54) is 6.07 Å². The van der Waals surface area contributed by atoms with Crippen LogP contribution in [0.5, 0.6) is 0 Å². The average Bonchev–Trinajstić information content (AvgIpc) is 2.59. The lowest BCUT2D eigenvalue weighted by molar-refractivity contribution is -0.140. The molecule has 2 aliphatic rings. The zero-order chi connectivity index (χ0) is 22.3. The van der Waals surface area contributed by atoms with Crippen LogP contribution in [0.15, 0.2) is 18.2 Å². The summed E-state index contributed by atoms with van der Waals surface area (Å²) < 4.78 is 63.3. The molecule has 0 aliphatic carbocycles. The van der Waals surface area contributed by atoms with Gasteiger partial charge < -0.3 is 9.47 Å². The van der Waals surface area contributed by atoms with Crippen LogP contribution in [0.25, 0.3) is 0 Å². The van der Waals surface area contributed by atoms with Crippen LogP contribution in [0.2, 0.25) is 0 Å². The molecule has 1 amide bonds. The highest BCUT2D eigenvalue weighted by Gasteiger charge is 2.45. The van der Waals surface area contributed by atoms with Gasteiger partial charge in [0.25, 0.3) is 0 Å². The lowest BCUT2D eigenvalue weighted by atomic mass is 9.81. The fourth-order valence-electron chi connectivity index (χ4n) is 4.04. The van der Waals surface area contributed by atoms with Crippen molar-refractivity contribution in [2.24, 2.45) is 5.92 Å². The Hall–Kier alpha value is -2.16. The van der Waals surface area contributed by atoms with Gasteiger partial charge in [-0.15, -0.1) is 0 Å². The van der Waals surface area contributed by atoms with Crippen molar-refractivity contribution in [1.29, 1.82) is 0 Å². The van der Waals surface area contributed by atoms with Gasteiger partial charge in [0.1, 0.15) is 17.2 Å². The molecule has 1 aromatic carbocycles. The van der Waals surface area contributed by atoms with E-state index in [0.717, 1.165) is 6.07 Å². The van der Waals surface area contributed by atoms with E-state index in [-0.39, 0.29) is 43.1 Å². The van der Waals surface area contributed by atoms with Crippen molar-refractivity contribution in [3.63, 3.8) is 0 Å². The minimum atomic E-state index is -4.82. The Bertz CT molecular complexity index is 804. The molecule has 2 unspecified atom stereocenters. The van der Waals surface area contributed by atoms with Gasteiger partial charge in [-0.2, -0.15) is 13.2 Å². The summed E-state index contributed by atoms with van der Waals surface area (Å²) >= 11 is 0. The fourth-order valence-corrected chi connectivity index (χ4v) is 4.04. The quantitative estimate of drug-likeness (QED) is 0.667. The average molecular weight is 431 g/mol. The normalized spacial score (nSPS) is 24.5. The van der Waals surface area contributed by atoms with Crippen molar-refractivity contribution in [1.82, 2.24) is 4.90 Å². The maximum absolute atomic E-state index is 13.5. The van der Waals surface area contributed by atoms with Crippen molar-refractivity contribution in [2.45, 2.75) is 63.9 Å². The number of halogens is 4. The van der Waals surface area contributed by atoms with Gasteiger partial charge in [0, 0.05) is 12.3 Å². The number of fused-ring (bicyclic) bond motifs is 2. The third-order valence-electron chi connectivity index (χ3n) is 5.29. The lowest BCUT2D eigenvalue weighted by Gasteiger charge is -2.47. The first kappa shape index (κ1) is 22.5. The summed E-state index contributed by atoms with van der Waals surface area (Å²) in [6.07, 6.45) is -4.80. The minimum absolute atomic E-state index is 0.115. The summed E-state index contributed by atoms with van der Waals surface area (Å²) in [5.74, 6) is -2.01. The molecular weight excluding hydrogens is 406 g/mol. The van der Waals surface area contributed by atoms with Gasteiger partial charge >= 0.3 is 12.3 Å². The molecule has 0 N–H and O–H groups in total. The topological polar surface area (TPSA) is 55.8 Å². The third kappa shape index (κ3) is 5.11. The van der Waals surface area contributed by atoms with Crippen LogP contribution in [0.3, 0.4) is 0 Å². The number of ketones is 1. The van der Waals surface area contributed by atoms with E-state index in [1.807, 2.05) is 0 Å². The molecule has 2 heterocycles. The number of Topliss-reactive ketones (excluding diaryl/α,β-unsaturated/α-hetero) is 1. The van der Waals surface area contributed by atoms with Crippen LogP contribution in [0, 0.1) is 11.7 Å². The number of carbonyl (C=O) groups is 2. The molecule has 0 saturated carbocycles. The predicted octanol–water partition coefficient (Wildman–Crippen LogP) is 4.37. The Morgan fingerprint density at radius 3 is 2.27 bits per heavy atom. The van der Waals surface area contributed by atoms with Gasteiger partial charge in [-0.25, -0.2) is 9.18 Å². The standard InChI is InChI=1S/C21H25F4NO4/c1-20(2,3)30-19(28)26-14-8-13(9-15(26)11-29-10-14)18(27)7-12-4-5-17(22)16(6-12)21(23,24)25/h4-6,13-15H,7-11H2,1-3H3. The summed E-state index contributed by atoms with van der Waals surface area (Å²) in [6.45, 7) is 5.85. The number of piperidine rings is 1. The molecule has 0 aromatic heterocycles. The molecule has 3 rings (SSSR count). The highest BCUT2D eigenvalue weighted by molar-refractivity contribution is 5.84. The Kier molecular flexibility index (Phi) is 6.13. The van der Waals surface area contributed by atoms with Crippen LogP contribution >= 0.6 is 0 Å². The summed E-state index contributed by atoms with van der Waals surface area (Å²) in [7, 11) is 0. The number of rotatable bonds is 3. The van der Waals surface area contributed by atoms with E-state index in [0.29, 0.717) is 18.9 Å². The third-order valence-corrected chi connectivity index (χ3v) is 5.29. The largest absolute Gasteiger partial charge is 0.444 e. The van der Waals surface area contributed by atoms with E-state index in [1.54, 1.807) is 25.7 Å². The number of alkyl halides is 3. The van der Waals surface area contributed by atoms with Crippen LogP contribution in [0.4, 0.5) is 22.4 Å².